The Morgan fingerprint density at radius 1 is 1.26 bits per heavy atom. The van der Waals surface area contributed by atoms with Gasteiger partial charge in [-0.1, -0.05) is 13.8 Å². The van der Waals surface area contributed by atoms with E-state index in [2.05, 4.69) is 34.0 Å². The molecule has 4 rings (SSSR count). The summed E-state index contributed by atoms with van der Waals surface area (Å²) in [4.78, 5) is 36.9. The van der Waals surface area contributed by atoms with Crippen LogP contribution in [0.3, 0.4) is 0 Å². The number of nitrogens with one attached hydrogen (secondary N) is 2. The maximum Gasteiger partial charge on any atom is 0.259 e. The summed E-state index contributed by atoms with van der Waals surface area (Å²) in [6, 6.07) is 0. The molecule has 2 atom stereocenters. The molecule has 0 spiro atoms. The van der Waals surface area contributed by atoms with Gasteiger partial charge in [0.2, 0.25) is 5.91 Å². The van der Waals surface area contributed by atoms with E-state index in [9.17, 15) is 9.59 Å². The van der Waals surface area contributed by atoms with E-state index in [-0.39, 0.29) is 11.5 Å². The van der Waals surface area contributed by atoms with Gasteiger partial charge < -0.3 is 15.2 Å². The fraction of sp³-hybridized carbons (Fsp3) is 0.696. The fourth-order valence-corrected chi connectivity index (χ4v) is 7.07. The van der Waals surface area contributed by atoms with Gasteiger partial charge in [0, 0.05) is 24.5 Å². The first-order valence-electron chi connectivity index (χ1n) is 11.6. The van der Waals surface area contributed by atoms with Crippen molar-refractivity contribution in [3.63, 3.8) is 0 Å². The minimum atomic E-state index is -0.0260. The number of nitrogens with zero attached hydrogens (tertiary/aromatic N) is 2. The fourth-order valence-electron chi connectivity index (χ4n) is 5.07. The number of unbranched alkanes of at least 4 members (excludes halogenated alkanes) is 1. The second-order valence-corrected chi connectivity index (χ2v) is 11.4. The van der Waals surface area contributed by atoms with Gasteiger partial charge in [-0.3, -0.25) is 9.59 Å². The monoisotopic (exact) mass is 462 g/mol. The molecule has 1 amide bonds. The molecule has 0 radical (unpaired) electrons. The number of carbonyl (C=O) groups is 1. The van der Waals surface area contributed by atoms with Crippen molar-refractivity contribution < 1.29 is 4.79 Å². The molecule has 2 aromatic heterocycles. The Kier molecular flexibility index (Phi) is 7.72. The average molecular weight is 463 g/mol. The lowest BCUT2D eigenvalue weighted by molar-refractivity contribution is -0.118. The van der Waals surface area contributed by atoms with Gasteiger partial charge in [-0.05, 0) is 62.5 Å². The summed E-state index contributed by atoms with van der Waals surface area (Å²) in [5.41, 5.74) is 1.18. The lowest BCUT2D eigenvalue weighted by Crippen LogP contribution is -2.39. The first-order valence-corrected chi connectivity index (χ1v) is 13.6. The van der Waals surface area contributed by atoms with Crippen LogP contribution >= 0.6 is 23.1 Å². The van der Waals surface area contributed by atoms with Gasteiger partial charge in [0.05, 0.1) is 16.9 Å². The van der Waals surface area contributed by atoms with Crippen LogP contribution in [0.1, 0.15) is 55.8 Å². The highest BCUT2D eigenvalue weighted by Crippen LogP contribution is 2.34. The van der Waals surface area contributed by atoms with Crippen LogP contribution < -0.4 is 10.9 Å². The van der Waals surface area contributed by atoms with Crippen LogP contribution in [-0.2, 0) is 23.4 Å². The Labute approximate surface area is 192 Å². The molecule has 2 N–H and O–H groups in total. The zero-order chi connectivity index (χ0) is 21.8. The second kappa shape index (κ2) is 10.5. The number of likely N-dealkylation sites (tertiary alicyclic amines) is 1. The largest absolute Gasteiger partial charge is 0.355 e. The molecule has 3 heterocycles. The van der Waals surface area contributed by atoms with Gasteiger partial charge >= 0.3 is 0 Å². The van der Waals surface area contributed by atoms with E-state index < -0.39 is 0 Å². The minimum Gasteiger partial charge on any atom is -0.355 e. The van der Waals surface area contributed by atoms with Crippen LogP contribution in [0.2, 0.25) is 0 Å². The van der Waals surface area contributed by atoms with Crippen LogP contribution in [0.25, 0.3) is 10.2 Å². The van der Waals surface area contributed by atoms with E-state index in [1.54, 1.807) is 11.3 Å². The highest BCUT2D eigenvalue weighted by Gasteiger charge is 2.22. The van der Waals surface area contributed by atoms with Gasteiger partial charge in [-0.15, -0.1) is 23.1 Å². The number of carbonyl (C=O) groups excluding carboxylic acids is 1. The molecule has 1 aliphatic heterocycles. The first kappa shape index (κ1) is 22.8. The number of aromatic nitrogens is 2. The molecule has 8 heteroatoms. The van der Waals surface area contributed by atoms with Crippen LogP contribution in [0.15, 0.2) is 4.79 Å². The Hall–Kier alpha value is -1.38. The van der Waals surface area contributed by atoms with Crippen molar-refractivity contribution in [3.8, 4) is 0 Å². The van der Waals surface area contributed by atoms with Crippen molar-refractivity contribution in [3.05, 3.63) is 26.6 Å². The number of aromatic amines is 1. The van der Waals surface area contributed by atoms with Crippen molar-refractivity contribution >= 4 is 39.2 Å². The SMILES string of the molecule is CC1CC(C)CN(CCCCNC(=O)CSCc2nc3sc4c(c3c(=O)[nH]2)CCC4)C1. The number of amides is 1. The zero-order valence-corrected chi connectivity index (χ0v) is 20.3. The number of fused-ring (bicyclic) bond motifs is 3. The van der Waals surface area contributed by atoms with E-state index >= 15 is 0 Å². The van der Waals surface area contributed by atoms with E-state index in [1.807, 2.05) is 0 Å². The highest BCUT2D eigenvalue weighted by atomic mass is 32.2. The summed E-state index contributed by atoms with van der Waals surface area (Å²) in [5, 5.41) is 3.81. The van der Waals surface area contributed by atoms with Crippen LogP contribution in [-0.4, -0.2) is 52.7 Å². The van der Waals surface area contributed by atoms with E-state index in [4.69, 9.17) is 0 Å². The summed E-state index contributed by atoms with van der Waals surface area (Å²) in [6.07, 6.45) is 6.69. The third-order valence-corrected chi connectivity index (χ3v) is 8.39. The molecule has 1 fully saturated rings. The maximum absolute atomic E-state index is 12.5. The number of hydrogen-bond donors (Lipinski definition) is 2. The molecule has 6 nitrogen and oxygen atoms in total. The number of rotatable bonds is 9. The molecular formula is C23H34N4O2S2. The Morgan fingerprint density at radius 2 is 2.06 bits per heavy atom. The molecule has 2 aromatic rings. The van der Waals surface area contributed by atoms with Crippen LogP contribution in [0.5, 0.6) is 0 Å². The maximum atomic E-state index is 12.5. The molecule has 31 heavy (non-hydrogen) atoms. The molecule has 2 unspecified atom stereocenters. The molecule has 1 saturated heterocycles. The third-order valence-electron chi connectivity index (χ3n) is 6.26. The van der Waals surface area contributed by atoms with E-state index in [0.717, 1.165) is 67.2 Å². The van der Waals surface area contributed by atoms with Crippen molar-refractivity contribution in [1.82, 2.24) is 20.2 Å². The van der Waals surface area contributed by atoms with Gasteiger partial charge in [-0.2, -0.15) is 0 Å². The molecule has 170 valence electrons. The molecule has 0 saturated carbocycles. The molecule has 1 aliphatic carbocycles. The summed E-state index contributed by atoms with van der Waals surface area (Å²) in [5.74, 6) is 3.26. The summed E-state index contributed by atoms with van der Waals surface area (Å²) in [7, 11) is 0. The van der Waals surface area contributed by atoms with Gasteiger partial charge in [0.15, 0.2) is 0 Å². The highest BCUT2D eigenvalue weighted by molar-refractivity contribution is 7.99. The average Bonchev–Trinajstić information content (AvgIpc) is 3.27. The quantitative estimate of drug-likeness (QED) is 0.557. The van der Waals surface area contributed by atoms with E-state index in [1.165, 1.54) is 41.7 Å². The molecule has 0 bridgehead atoms. The van der Waals surface area contributed by atoms with Crippen molar-refractivity contribution in [2.45, 2.75) is 58.1 Å². The number of piperidine rings is 1. The Morgan fingerprint density at radius 3 is 2.87 bits per heavy atom. The first-order chi connectivity index (χ1) is 15.0. The lowest BCUT2D eigenvalue weighted by Gasteiger charge is -2.34. The summed E-state index contributed by atoms with van der Waals surface area (Å²) >= 11 is 3.16. The van der Waals surface area contributed by atoms with Gasteiger partial charge in [0.1, 0.15) is 10.7 Å². The smallest absolute Gasteiger partial charge is 0.259 e. The molecule has 2 aliphatic rings. The minimum absolute atomic E-state index is 0.0260. The number of thiophene rings is 1. The normalized spacial score (nSPS) is 21.5. The predicted octanol–water partition coefficient (Wildman–Crippen LogP) is 3.58. The molecular weight excluding hydrogens is 428 g/mol. The predicted molar refractivity (Wildman–Crippen MR) is 130 cm³/mol. The number of H-pyrrole nitrogens is 1. The van der Waals surface area contributed by atoms with Crippen molar-refractivity contribution in [1.29, 1.82) is 0 Å². The number of hydrogen-bond acceptors (Lipinski definition) is 6. The number of thioether (sulfide) groups is 1. The topological polar surface area (TPSA) is 78.1 Å². The van der Waals surface area contributed by atoms with Crippen LogP contribution in [0, 0.1) is 11.8 Å². The van der Waals surface area contributed by atoms with Crippen molar-refractivity contribution in [2.75, 3.05) is 31.9 Å². The van der Waals surface area contributed by atoms with Gasteiger partial charge in [0.25, 0.3) is 5.56 Å². The summed E-state index contributed by atoms with van der Waals surface area (Å²) < 4.78 is 0. The summed E-state index contributed by atoms with van der Waals surface area (Å²) in [6.45, 7) is 8.98. The zero-order valence-electron chi connectivity index (χ0n) is 18.7. The standard InChI is InChI=1S/C23H34N4O2S2/c1-15-10-16(2)12-27(11-15)9-4-3-8-24-20(28)14-30-13-19-25-22(29)21-17-6-5-7-18(17)31-23(21)26-19/h15-16H,3-14H2,1-2H3,(H,24,28)(H,25,26,29). The van der Waals surface area contributed by atoms with Crippen molar-refractivity contribution in [2.24, 2.45) is 11.8 Å². The Bertz CT molecular complexity index is 960. The second-order valence-electron chi connectivity index (χ2n) is 9.31. The van der Waals surface area contributed by atoms with E-state index in [0.29, 0.717) is 17.3 Å². The Balaban J connectivity index is 1.14. The van der Waals surface area contributed by atoms with Crippen LogP contribution in [0.4, 0.5) is 0 Å². The molecule has 0 aromatic carbocycles. The van der Waals surface area contributed by atoms with Gasteiger partial charge in [-0.25, -0.2) is 4.98 Å². The lowest BCUT2D eigenvalue weighted by atomic mass is 9.92. The third kappa shape index (κ3) is 5.90. The number of aryl methyl sites for hydroxylation is 2.